The van der Waals surface area contributed by atoms with Crippen molar-refractivity contribution in [3.63, 3.8) is 0 Å². The Labute approximate surface area is 224 Å². The van der Waals surface area contributed by atoms with E-state index in [1.165, 1.54) is 4.90 Å². The number of nitrogens with two attached hydrogens (primary N) is 2. The fourth-order valence-corrected chi connectivity index (χ4v) is 4.86. The van der Waals surface area contributed by atoms with Crippen molar-refractivity contribution in [1.29, 1.82) is 0 Å². The fourth-order valence-electron chi connectivity index (χ4n) is 4.86. The van der Waals surface area contributed by atoms with Crippen molar-refractivity contribution >= 4 is 29.6 Å². The lowest BCUT2D eigenvalue weighted by Crippen LogP contribution is -2.58. The van der Waals surface area contributed by atoms with Crippen molar-refractivity contribution < 1.29 is 29.1 Å². The van der Waals surface area contributed by atoms with E-state index >= 15 is 0 Å². The number of hydrogen-bond acceptors (Lipinski definition) is 8. The fraction of sp³-hybridized carbons (Fsp3) is 0.800. The lowest BCUT2D eigenvalue weighted by atomic mass is 10.0. The van der Waals surface area contributed by atoms with E-state index in [9.17, 15) is 29.1 Å². The molecule has 2 aliphatic rings. The van der Waals surface area contributed by atoms with Crippen molar-refractivity contribution in [1.82, 2.24) is 26.2 Å². The molecule has 4 amide bonds. The second kappa shape index (κ2) is 16.2. The van der Waals surface area contributed by atoms with Gasteiger partial charge in [-0.25, -0.2) is 4.79 Å². The average Bonchev–Trinajstić information content (AvgIpc) is 3.60. The Balaban J connectivity index is 2.08. The summed E-state index contributed by atoms with van der Waals surface area (Å²) >= 11 is 0. The van der Waals surface area contributed by atoms with Crippen LogP contribution in [0.4, 0.5) is 0 Å². The number of amides is 4. The SMILES string of the molecule is C[C@H](NC(=O)[C@@H]1CCCN1)C(=O)N[C@@H](CCCCN)C(=O)N[C@@H](CCCCN)C(=O)N1CCC[C@H]1C(=O)O. The van der Waals surface area contributed by atoms with Crippen LogP contribution >= 0.6 is 0 Å². The van der Waals surface area contributed by atoms with Gasteiger partial charge in [-0.1, -0.05) is 0 Å². The molecule has 2 rings (SSSR count). The van der Waals surface area contributed by atoms with Crippen LogP contribution < -0.4 is 32.7 Å². The highest BCUT2D eigenvalue weighted by atomic mass is 16.4. The zero-order chi connectivity index (χ0) is 28.1. The first-order chi connectivity index (χ1) is 18.2. The topological polar surface area (TPSA) is 209 Å². The zero-order valence-corrected chi connectivity index (χ0v) is 22.4. The number of nitrogens with one attached hydrogen (secondary N) is 4. The lowest BCUT2D eigenvalue weighted by Gasteiger charge is -2.29. The van der Waals surface area contributed by atoms with Gasteiger partial charge in [0, 0.05) is 6.54 Å². The first kappa shape index (κ1) is 31.4. The van der Waals surface area contributed by atoms with E-state index in [1.807, 2.05) is 0 Å². The van der Waals surface area contributed by atoms with Gasteiger partial charge in [-0.05, 0) is 90.8 Å². The van der Waals surface area contributed by atoms with Crippen LogP contribution in [-0.4, -0.2) is 96.0 Å². The minimum absolute atomic E-state index is 0.265. The minimum atomic E-state index is -1.07. The molecular formula is C25H45N7O6. The summed E-state index contributed by atoms with van der Waals surface area (Å²) in [6.07, 6.45) is 5.55. The maximum absolute atomic E-state index is 13.3. The molecule has 38 heavy (non-hydrogen) atoms. The lowest BCUT2D eigenvalue weighted by molar-refractivity contribution is -0.149. The number of rotatable bonds is 16. The standard InChI is InChI=1S/C25H45N7O6/c1-16(29-22(34)17-10-6-14-28-17)21(33)30-18(8-2-4-12-26)23(35)31-19(9-3-5-13-27)24(36)32-15-7-11-20(32)25(37)38/h16-20,28H,2-15,26-27H2,1H3,(H,29,34)(H,30,33)(H,31,35)(H,37,38)/t16-,17-,18-,19-,20-/m0/s1. The van der Waals surface area contributed by atoms with Gasteiger partial charge >= 0.3 is 5.97 Å². The number of aliphatic carboxylic acids is 1. The van der Waals surface area contributed by atoms with Crippen LogP contribution in [0.25, 0.3) is 0 Å². The van der Waals surface area contributed by atoms with Gasteiger partial charge in [-0.3, -0.25) is 19.2 Å². The van der Waals surface area contributed by atoms with Crippen molar-refractivity contribution in [2.24, 2.45) is 11.5 Å². The molecule has 0 aromatic rings. The number of carbonyl (C=O) groups excluding carboxylic acids is 4. The van der Waals surface area contributed by atoms with Crippen molar-refractivity contribution in [2.45, 2.75) is 101 Å². The molecule has 0 unspecified atom stereocenters. The van der Waals surface area contributed by atoms with Crippen LogP contribution in [0.5, 0.6) is 0 Å². The van der Waals surface area contributed by atoms with Crippen LogP contribution in [0, 0.1) is 0 Å². The molecule has 0 saturated carbocycles. The molecule has 13 heteroatoms. The molecule has 0 bridgehead atoms. The van der Waals surface area contributed by atoms with Gasteiger partial charge < -0.3 is 42.7 Å². The Morgan fingerprint density at radius 3 is 2.11 bits per heavy atom. The maximum atomic E-state index is 13.3. The molecule has 0 spiro atoms. The molecular weight excluding hydrogens is 494 g/mol. The third-order valence-electron chi connectivity index (χ3n) is 7.09. The number of nitrogens with zero attached hydrogens (tertiary/aromatic N) is 1. The minimum Gasteiger partial charge on any atom is -0.480 e. The second-order valence-corrected chi connectivity index (χ2v) is 10.1. The predicted octanol–water partition coefficient (Wildman–Crippen LogP) is -1.45. The summed E-state index contributed by atoms with van der Waals surface area (Å²) in [5.74, 6) is -2.83. The maximum Gasteiger partial charge on any atom is 0.326 e. The number of carboxylic acid groups (broad SMARTS) is 1. The van der Waals surface area contributed by atoms with E-state index < -0.39 is 47.9 Å². The van der Waals surface area contributed by atoms with Gasteiger partial charge in [0.2, 0.25) is 23.6 Å². The molecule has 13 nitrogen and oxygen atoms in total. The molecule has 216 valence electrons. The van der Waals surface area contributed by atoms with Crippen molar-refractivity contribution in [3.8, 4) is 0 Å². The van der Waals surface area contributed by atoms with Gasteiger partial charge in [0.15, 0.2) is 0 Å². The molecule has 0 radical (unpaired) electrons. The molecule has 0 aromatic heterocycles. The third-order valence-corrected chi connectivity index (χ3v) is 7.09. The summed E-state index contributed by atoms with van der Waals surface area (Å²) in [6, 6.07) is -4.01. The molecule has 2 heterocycles. The Hall–Kier alpha value is -2.77. The molecule has 9 N–H and O–H groups in total. The Bertz CT molecular complexity index is 820. The van der Waals surface area contributed by atoms with Crippen molar-refractivity contribution in [2.75, 3.05) is 26.2 Å². The first-order valence-corrected chi connectivity index (χ1v) is 13.8. The molecule has 2 fully saturated rings. The number of likely N-dealkylation sites (tertiary alicyclic amines) is 1. The van der Waals surface area contributed by atoms with Crippen molar-refractivity contribution in [3.05, 3.63) is 0 Å². The van der Waals surface area contributed by atoms with Gasteiger partial charge in [0.05, 0.1) is 6.04 Å². The summed E-state index contributed by atoms with van der Waals surface area (Å²) in [5, 5.41) is 20.8. The summed E-state index contributed by atoms with van der Waals surface area (Å²) in [4.78, 5) is 64.9. The molecule has 2 saturated heterocycles. The van der Waals surface area contributed by atoms with E-state index in [1.54, 1.807) is 6.92 Å². The van der Waals surface area contributed by atoms with Gasteiger partial charge in [-0.15, -0.1) is 0 Å². The van der Waals surface area contributed by atoms with E-state index in [4.69, 9.17) is 11.5 Å². The molecule has 5 atom stereocenters. The second-order valence-electron chi connectivity index (χ2n) is 10.1. The highest BCUT2D eigenvalue weighted by molar-refractivity contribution is 5.95. The monoisotopic (exact) mass is 539 g/mol. The van der Waals surface area contributed by atoms with E-state index in [0.29, 0.717) is 77.4 Å². The number of carboxylic acids is 1. The Morgan fingerprint density at radius 2 is 1.53 bits per heavy atom. The largest absolute Gasteiger partial charge is 0.480 e. The summed E-state index contributed by atoms with van der Waals surface area (Å²) in [5.41, 5.74) is 11.2. The number of unbranched alkanes of at least 4 members (excludes halogenated alkanes) is 2. The van der Waals surface area contributed by atoms with Crippen LogP contribution in [0.3, 0.4) is 0 Å². The zero-order valence-electron chi connectivity index (χ0n) is 22.4. The third kappa shape index (κ3) is 9.52. The molecule has 0 aliphatic carbocycles. The number of carbonyl (C=O) groups is 5. The normalized spacial score (nSPS) is 21.4. The van der Waals surface area contributed by atoms with E-state index in [2.05, 4.69) is 21.3 Å². The smallest absolute Gasteiger partial charge is 0.326 e. The highest BCUT2D eigenvalue weighted by Crippen LogP contribution is 2.20. The number of hydrogen-bond donors (Lipinski definition) is 7. The highest BCUT2D eigenvalue weighted by Gasteiger charge is 2.38. The van der Waals surface area contributed by atoms with Gasteiger partial charge in [0.25, 0.3) is 0 Å². The molecule has 2 aliphatic heterocycles. The van der Waals surface area contributed by atoms with E-state index in [0.717, 1.165) is 13.0 Å². The van der Waals surface area contributed by atoms with Gasteiger partial charge in [0.1, 0.15) is 24.2 Å². The summed E-state index contributed by atoms with van der Waals surface area (Å²) < 4.78 is 0. The predicted molar refractivity (Wildman–Crippen MR) is 141 cm³/mol. The summed E-state index contributed by atoms with van der Waals surface area (Å²) in [6.45, 7) is 3.46. The van der Waals surface area contributed by atoms with Gasteiger partial charge in [-0.2, -0.15) is 0 Å². The average molecular weight is 540 g/mol. The molecule has 0 aromatic carbocycles. The van der Waals surface area contributed by atoms with Crippen LogP contribution in [0.1, 0.15) is 71.1 Å². The van der Waals surface area contributed by atoms with Crippen LogP contribution in [0.2, 0.25) is 0 Å². The Morgan fingerprint density at radius 1 is 0.895 bits per heavy atom. The van der Waals surface area contributed by atoms with E-state index in [-0.39, 0.29) is 11.9 Å². The Kier molecular flexibility index (Phi) is 13.4. The summed E-state index contributed by atoms with van der Waals surface area (Å²) in [7, 11) is 0. The quantitative estimate of drug-likeness (QED) is 0.114. The van der Waals surface area contributed by atoms with Crippen LogP contribution in [0.15, 0.2) is 0 Å². The first-order valence-electron chi connectivity index (χ1n) is 13.8. The van der Waals surface area contributed by atoms with Crippen LogP contribution in [-0.2, 0) is 24.0 Å².